The van der Waals surface area contributed by atoms with E-state index in [1.165, 1.54) is 0 Å². The summed E-state index contributed by atoms with van der Waals surface area (Å²) in [5.74, 6) is -0.326. The molecule has 0 saturated heterocycles. The highest BCUT2D eigenvalue weighted by atomic mass is 35.5. The molecule has 1 atom stereocenters. The molecule has 1 aromatic rings. The van der Waals surface area contributed by atoms with Crippen molar-refractivity contribution in [2.45, 2.75) is 19.4 Å². The average molecular weight is 243 g/mol. The van der Waals surface area contributed by atoms with Crippen molar-refractivity contribution in [3.8, 4) is 0 Å². The van der Waals surface area contributed by atoms with Crippen LogP contribution in [-0.4, -0.2) is 23.7 Å². The van der Waals surface area contributed by atoms with Gasteiger partial charge in [-0.3, -0.25) is 4.79 Å². The first-order valence-corrected chi connectivity index (χ1v) is 5.44. The van der Waals surface area contributed by atoms with E-state index in [1.54, 1.807) is 18.2 Å². The average Bonchev–Trinajstić information content (AvgIpc) is 2.29. The number of amides is 1. The highest BCUT2D eigenvalue weighted by Gasteiger charge is 2.12. The van der Waals surface area contributed by atoms with Crippen LogP contribution in [-0.2, 0) is 0 Å². The van der Waals surface area contributed by atoms with Gasteiger partial charge in [0, 0.05) is 6.54 Å². The maximum atomic E-state index is 11.7. The minimum atomic E-state index is -0.538. The Hall–Kier alpha value is -1.26. The van der Waals surface area contributed by atoms with Crippen LogP contribution in [0, 0.1) is 0 Å². The van der Waals surface area contributed by atoms with E-state index in [9.17, 15) is 9.90 Å². The van der Waals surface area contributed by atoms with Gasteiger partial charge in [-0.2, -0.15) is 0 Å². The highest BCUT2D eigenvalue weighted by molar-refractivity contribution is 6.33. The van der Waals surface area contributed by atoms with Gasteiger partial charge in [-0.25, -0.2) is 0 Å². The third kappa shape index (κ3) is 3.12. The molecular weight excluding hydrogens is 228 g/mol. The number of benzene rings is 1. The van der Waals surface area contributed by atoms with Crippen molar-refractivity contribution in [1.82, 2.24) is 5.32 Å². The van der Waals surface area contributed by atoms with Gasteiger partial charge in [-0.1, -0.05) is 24.6 Å². The number of hydrogen-bond donors (Lipinski definition) is 3. The topological polar surface area (TPSA) is 75.3 Å². The third-order valence-corrected chi connectivity index (χ3v) is 2.60. The molecule has 88 valence electrons. The minimum Gasteiger partial charge on any atom is -0.397 e. The standard InChI is InChI=1S/C11H15ClN2O2/c1-2-7(15)6-14-11(16)8-4-3-5-9(12)10(8)13/h3-5,7,15H,2,6,13H2,1H3,(H,14,16). The number of rotatable bonds is 4. The third-order valence-electron chi connectivity index (χ3n) is 2.27. The molecule has 0 aliphatic heterocycles. The smallest absolute Gasteiger partial charge is 0.253 e. The molecule has 1 unspecified atom stereocenters. The Labute approximate surface area is 99.4 Å². The van der Waals surface area contributed by atoms with Gasteiger partial charge in [0.1, 0.15) is 0 Å². The van der Waals surface area contributed by atoms with Gasteiger partial charge in [-0.15, -0.1) is 0 Å². The van der Waals surface area contributed by atoms with E-state index in [2.05, 4.69) is 5.32 Å². The predicted molar refractivity (Wildman–Crippen MR) is 64.5 cm³/mol. The Morgan fingerprint density at radius 3 is 2.94 bits per heavy atom. The number of nitrogens with one attached hydrogen (secondary N) is 1. The second kappa shape index (κ2) is 5.72. The second-order valence-corrected chi connectivity index (χ2v) is 3.88. The number of hydrogen-bond acceptors (Lipinski definition) is 3. The number of para-hydroxylation sites is 1. The predicted octanol–water partition coefficient (Wildman–Crippen LogP) is 1.42. The normalized spacial score (nSPS) is 12.2. The lowest BCUT2D eigenvalue weighted by atomic mass is 10.1. The summed E-state index contributed by atoms with van der Waals surface area (Å²) in [5.41, 5.74) is 6.25. The first-order chi connectivity index (χ1) is 7.56. The van der Waals surface area contributed by atoms with Crippen LogP contribution in [0.4, 0.5) is 5.69 Å². The maximum absolute atomic E-state index is 11.7. The monoisotopic (exact) mass is 242 g/mol. The number of carbonyl (C=O) groups excluding carboxylic acids is 1. The molecule has 0 aliphatic rings. The molecule has 0 aromatic heterocycles. The van der Waals surface area contributed by atoms with E-state index in [-0.39, 0.29) is 18.1 Å². The fraction of sp³-hybridized carbons (Fsp3) is 0.364. The summed E-state index contributed by atoms with van der Waals surface area (Å²) in [5, 5.41) is 12.2. The number of aliphatic hydroxyl groups excluding tert-OH is 1. The second-order valence-electron chi connectivity index (χ2n) is 3.47. The number of halogens is 1. The first kappa shape index (κ1) is 12.8. The summed E-state index contributed by atoms with van der Waals surface area (Å²) in [6.45, 7) is 2.05. The van der Waals surface area contributed by atoms with Crippen LogP contribution in [0.2, 0.25) is 5.02 Å². The molecule has 0 fully saturated rings. The van der Waals surface area contributed by atoms with Crippen LogP contribution in [0.1, 0.15) is 23.7 Å². The number of anilines is 1. The molecule has 0 heterocycles. The van der Waals surface area contributed by atoms with E-state index in [0.717, 1.165) is 0 Å². The first-order valence-electron chi connectivity index (χ1n) is 5.06. The van der Waals surface area contributed by atoms with Crippen LogP contribution >= 0.6 is 11.6 Å². The van der Waals surface area contributed by atoms with Crippen LogP contribution < -0.4 is 11.1 Å². The molecule has 0 saturated carbocycles. The van der Waals surface area contributed by atoms with Gasteiger partial charge in [0.2, 0.25) is 0 Å². The summed E-state index contributed by atoms with van der Waals surface area (Å²) in [6.07, 6.45) is 0.0510. The van der Waals surface area contributed by atoms with Crippen LogP contribution in [0.3, 0.4) is 0 Å². The van der Waals surface area contributed by atoms with Crippen molar-refractivity contribution in [3.63, 3.8) is 0 Å². The summed E-state index contributed by atoms with van der Waals surface area (Å²) in [4.78, 5) is 11.7. The van der Waals surface area contributed by atoms with Gasteiger partial charge >= 0.3 is 0 Å². The van der Waals surface area contributed by atoms with E-state index in [4.69, 9.17) is 17.3 Å². The number of carbonyl (C=O) groups is 1. The van der Waals surface area contributed by atoms with Gasteiger partial charge in [0.05, 0.1) is 22.4 Å². The van der Waals surface area contributed by atoms with Crippen molar-refractivity contribution < 1.29 is 9.90 Å². The Balaban J connectivity index is 2.70. The van der Waals surface area contributed by atoms with Crippen molar-refractivity contribution in [2.75, 3.05) is 12.3 Å². The molecule has 0 bridgehead atoms. The quantitative estimate of drug-likeness (QED) is 0.699. The van der Waals surface area contributed by atoms with Crippen molar-refractivity contribution in [1.29, 1.82) is 0 Å². The van der Waals surface area contributed by atoms with Crippen LogP contribution in [0.15, 0.2) is 18.2 Å². The Kier molecular flexibility index (Phi) is 4.58. The van der Waals surface area contributed by atoms with E-state index >= 15 is 0 Å². The van der Waals surface area contributed by atoms with E-state index < -0.39 is 6.10 Å². The van der Waals surface area contributed by atoms with Gasteiger partial charge in [0.25, 0.3) is 5.91 Å². The van der Waals surface area contributed by atoms with E-state index in [1.807, 2.05) is 6.92 Å². The summed E-state index contributed by atoms with van der Waals surface area (Å²) in [7, 11) is 0. The Morgan fingerprint density at radius 2 is 2.31 bits per heavy atom. The number of nitrogen functional groups attached to an aromatic ring is 1. The molecule has 0 aliphatic carbocycles. The molecule has 5 heteroatoms. The lowest BCUT2D eigenvalue weighted by Gasteiger charge is -2.11. The van der Waals surface area contributed by atoms with Crippen molar-refractivity contribution >= 4 is 23.2 Å². The largest absolute Gasteiger partial charge is 0.397 e. The maximum Gasteiger partial charge on any atom is 0.253 e. The van der Waals surface area contributed by atoms with Gasteiger partial charge < -0.3 is 16.2 Å². The zero-order valence-corrected chi connectivity index (χ0v) is 9.79. The number of aliphatic hydroxyl groups is 1. The van der Waals surface area contributed by atoms with Crippen molar-refractivity contribution in [2.24, 2.45) is 0 Å². The number of nitrogens with two attached hydrogens (primary N) is 1. The molecule has 4 nitrogen and oxygen atoms in total. The zero-order valence-electron chi connectivity index (χ0n) is 9.03. The van der Waals surface area contributed by atoms with Gasteiger partial charge in [-0.05, 0) is 18.6 Å². The highest BCUT2D eigenvalue weighted by Crippen LogP contribution is 2.22. The summed E-state index contributed by atoms with van der Waals surface area (Å²) < 4.78 is 0. The molecule has 0 spiro atoms. The molecule has 4 N–H and O–H groups in total. The fourth-order valence-corrected chi connectivity index (χ4v) is 1.36. The molecule has 1 amide bonds. The SMILES string of the molecule is CCC(O)CNC(=O)c1cccc(Cl)c1N. The fourth-order valence-electron chi connectivity index (χ4n) is 1.19. The zero-order chi connectivity index (χ0) is 12.1. The minimum absolute atomic E-state index is 0.210. The lowest BCUT2D eigenvalue weighted by Crippen LogP contribution is -2.32. The Bertz CT molecular complexity index is 382. The van der Waals surface area contributed by atoms with Crippen LogP contribution in [0.5, 0.6) is 0 Å². The molecule has 1 rings (SSSR count). The summed E-state index contributed by atoms with van der Waals surface area (Å²) >= 11 is 5.79. The van der Waals surface area contributed by atoms with Crippen molar-refractivity contribution in [3.05, 3.63) is 28.8 Å². The molecular formula is C11H15ClN2O2. The van der Waals surface area contributed by atoms with Crippen LogP contribution in [0.25, 0.3) is 0 Å². The Morgan fingerprint density at radius 1 is 1.62 bits per heavy atom. The molecule has 0 radical (unpaired) electrons. The summed E-state index contributed by atoms with van der Waals surface area (Å²) in [6, 6.07) is 4.87. The molecule has 1 aromatic carbocycles. The lowest BCUT2D eigenvalue weighted by molar-refractivity contribution is 0.0915. The molecule has 16 heavy (non-hydrogen) atoms. The van der Waals surface area contributed by atoms with E-state index in [0.29, 0.717) is 17.0 Å². The van der Waals surface area contributed by atoms with Gasteiger partial charge in [0.15, 0.2) is 0 Å².